The topological polar surface area (TPSA) is 74.7 Å². The molecular formula is C9H10ClNO4S. The first-order chi connectivity index (χ1) is 7.39. The lowest BCUT2D eigenvalue weighted by molar-refractivity contribution is 0.173. The van der Waals surface area contributed by atoms with Gasteiger partial charge in [0.1, 0.15) is 0 Å². The maximum atomic E-state index is 11.8. The Labute approximate surface area is 98.3 Å². The smallest absolute Gasteiger partial charge is 0.421 e. The number of amides is 1. The van der Waals surface area contributed by atoms with Gasteiger partial charge >= 0.3 is 6.09 Å². The maximum absolute atomic E-state index is 11.8. The van der Waals surface area contributed by atoms with Crippen molar-refractivity contribution in [1.82, 2.24) is 4.31 Å². The Kier molecular flexibility index (Phi) is 3.77. The van der Waals surface area contributed by atoms with E-state index in [2.05, 4.69) is 0 Å². The largest absolute Gasteiger partial charge is 0.464 e. The molecule has 16 heavy (non-hydrogen) atoms. The van der Waals surface area contributed by atoms with Crippen molar-refractivity contribution in [1.29, 1.82) is 0 Å². The molecule has 0 saturated carbocycles. The summed E-state index contributed by atoms with van der Waals surface area (Å²) in [7, 11) is -3.99. The molecule has 7 heteroatoms. The third-order valence-corrected chi connectivity index (χ3v) is 4.02. The Hall–Kier alpha value is -1.27. The number of benzene rings is 1. The first-order valence-electron chi connectivity index (χ1n) is 4.41. The number of nitrogens with zero attached hydrogens (tertiary/aromatic N) is 1. The zero-order valence-corrected chi connectivity index (χ0v) is 9.99. The molecule has 0 aliphatic heterocycles. The van der Waals surface area contributed by atoms with Crippen LogP contribution in [-0.2, 0) is 10.0 Å². The molecule has 1 aromatic rings. The minimum atomic E-state index is -3.99. The number of carboxylic acid groups (broad SMARTS) is 1. The van der Waals surface area contributed by atoms with Gasteiger partial charge in [0.25, 0.3) is 10.0 Å². The predicted octanol–water partition coefficient (Wildman–Crippen LogP) is 2.03. The quantitative estimate of drug-likeness (QED) is 0.905. The summed E-state index contributed by atoms with van der Waals surface area (Å²) < 4.78 is 24.0. The van der Waals surface area contributed by atoms with E-state index < -0.39 is 16.1 Å². The van der Waals surface area contributed by atoms with Crippen LogP contribution in [-0.4, -0.2) is 30.5 Å². The second-order valence-electron chi connectivity index (χ2n) is 2.91. The van der Waals surface area contributed by atoms with E-state index in [1.54, 1.807) is 0 Å². The molecule has 0 saturated heterocycles. The SMILES string of the molecule is CCN(C(=O)O)S(=O)(=O)c1ccc(Cl)cc1. The summed E-state index contributed by atoms with van der Waals surface area (Å²) in [5.41, 5.74) is 0. The van der Waals surface area contributed by atoms with Crippen molar-refractivity contribution in [3.05, 3.63) is 29.3 Å². The summed E-state index contributed by atoms with van der Waals surface area (Å²) in [5.74, 6) is 0. The number of sulfonamides is 1. The Balaban J connectivity index is 3.20. The van der Waals surface area contributed by atoms with E-state index in [0.717, 1.165) is 0 Å². The first kappa shape index (κ1) is 12.8. The van der Waals surface area contributed by atoms with Crippen LogP contribution in [0.3, 0.4) is 0 Å². The van der Waals surface area contributed by atoms with Gasteiger partial charge in [-0.3, -0.25) is 0 Å². The van der Waals surface area contributed by atoms with Crippen LogP contribution >= 0.6 is 11.6 Å². The van der Waals surface area contributed by atoms with Crippen LogP contribution in [0, 0.1) is 0 Å². The second-order valence-corrected chi connectivity index (χ2v) is 5.21. The van der Waals surface area contributed by atoms with Crippen molar-refractivity contribution in [2.45, 2.75) is 11.8 Å². The van der Waals surface area contributed by atoms with Gasteiger partial charge in [-0.25, -0.2) is 17.5 Å². The van der Waals surface area contributed by atoms with Crippen LogP contribution in [0.25, 0.3) is 0 Å². The highest BCUT2D eigenvalue weighted by molar-refractivity contribution is 7.89. The van der Waals surface area contributed by atoms with E-state index >= 15 is 0 Å². The number of halogens is 1. The molecule has 1 aromatic carbocycles. The molecule has 0 heterocycles. The van der Waals surface area contributed by atoms with Crippen molar-refractivity contribution in [3.63, 3.8) is 0 Å². The van der Waals surface area contributed by atoms with Crippen molar-refractivity contribution in [3.8, 4) is 0 Å². The van der Waals surface area contributed by atoms with E-state index in [1.807, 2.05) is 0 Å². The summed E-state index contributed by atoms with van der Waals surface area (Å²) in [4.78, 5) is 10.6. The number of carbonyl (C=O) groups is 1. The fourth-order valence-corrected chi connectivity index (χ4v) is 2.55. The summed E-state index contributed by atoms with van der Waals surface area (Å²) in [6, 6.07) is 5.32. The molecule has 0 bridgehead atoms. The summed E-state index contributed by atoms with van der Waals surface area (Å²) in [6.07, 6.45) is -1.50. The Morgan fingerprint density at radius 1 is 1.38 bits per heavy atom. The van der Waals surface area contributed by atoms with Gasteiger partial charge in [-0.15, -0.1) is 0 Å². The van der Waals surface area contributed by atoms with E-state index in [9.17, 15) is 13.2 Å². The lowest BCUT2D eigenvalue weighted by atomic mass is 10.4. The Morgan fingerprint density at radius 2 is 1.88 bits per heavy atom. The Morgan fingerprint density at radius 3 is 2.25 bits per heavy atom. The van der Waals surface area contributed by atoms with Gasteiger partial charge in [0, 0.05) is 11.6 Å². The molecule has 0 fully saturated rings. The third-order valence-electron chi connectivity index (χ3n) is 1.90. The van der Waals surface area contributed by atoms with Crippen molar-refractivity contribution in [2.75, 3.05) is 6.54 Å². The van der Waals surface area contributed by atoms with Gasteiger partial charge in [0.2, 0.25) is 0 Å². The zero-order valence-electron chi connectivity index (χ0n) is 8.42. The lowest BCUT2D eigenvalue weighted by Gasteiger charge is -2.16. The molecule has 5 nitrogen and oxygen atoms in total. The van der Waals surface area contributed by atoms with E-state index in [-0.39, 0.29) is 11.4 Å². The molecule has 0 atom stereocenters. The van der Waals surface area contributed by atoms with Crippen molar-refractivity contribution < 1.29 is 18.3 Å². The molecule has 0 radical (unpaired) electrons. The fourth-order valence-electron chi connectivity index (χ4n) is 1.14. The highest BCUT2D eigenvalue weighted by atomic mass is 35.5. The van der Waals surface area contributed by atoms with E-state index in [1.165, 1.54) is 31.2 Å². The second kappa shape index (κ2) is 4.71. The van der Waals surface area contributed by atoms with Gasteiger partial charge in [0.05, 0.1) is 4.90 Å². The fraction of sp³-hybridized carbons (Fsp3) is 0.222. The van der Waals surface area contributed by atoms with E-state index in [4.69, 9.17) is 16.7 Å². The number of hydrogen-bond acceptors (Lipinski definition) is 3. The summed E-state index contributed by atoms with van der Waals surface area (Å²) in [5, 5.41) is 9.13. The summed E-state index contributed by atoms with van der Waals surface area (Å²) >= 11 is 5.61. The minimum Gasteiger partial charge on any atom is -0.464 e. The number of rotatable bonds is 3. The highest BCUT2D eigenvalue weighted by Crippen LogP contribution is 2.18. The minimum absolute atomic E-state index is 0.0962. The van der Waals surface area contributed by atoms with Crippen LogP contribution in [0.2, 0.25) is 5.02 Å². The Bertz CT molecular complexity index is 483. The predicted molar refractivity (Wildman–Crippen MR) is 59.0 cm³/mol. The standard InChI is InChI=1S/C9H10ClNO4S/c1-2-11(9(12)13)16(14,15)8-5-3-7(10)4-6-8/h3-6H,2H2,1H3,(H,12,13). The molecule has 0 spiro atoms. The van der Waals surface area contributed by atoms with Crippen LogP contribution < -0.4 is 0 Å². The molecule has 0 unspecified atom stereocenters. The van der Waals surface area contributed by atoms with Crippen LogP contribution in [0.5, 0.6) is 0 Å². The molecule has 88 valence electrons. The highest BCUT2D eigenvalue weighted by Gasteiger charge is 2.27. The molecule has 1 N–H and O–H groups in total. The zero-order chi connectivity index (χ0) is 12.3. The molecular weight excluding hydrogens is 254 g/mol. The third kappa shape index (κ3) is 2.45. The molecule has 1 rings (SSSR count). The van der Waals surface area contributed by atoms with Crippen LogP contribution in [0.4, 0.5) is 4.79 Å². The van der Waals surface area contributed by atoms with Crippen molar-refractivity contribution in [2.24, 2.45) is 0 Å². The van der Waals surface area contributed by atoms with Gasteiger partial charge in [0.15, 0.2) is 0 Å². The summed E-state index contributed by atoms with van der Waals surface area (Å²) in [6.45, 7) is 1.31. The molecule has 1 amide bonds. The van der Waals surface area contributed by atoms with E-state index in [0.29, 0.717) is 9.33 Å². The van der Waals surface area contributed by atoms with Crippen molar-refractivity contribution >= 4 is 27.7 Å². The van der Waals surface area contributed by atoms with Gasteiger partial charge in [-0.1, -0.05) is 11.6 Å². The normalized spacial score (nSPS) is 11.1. The van der Waals surface area contributed by atoms with Gasteiger partial charge in [-0.05, 0) is 31.2 Å². The lowest BCUT2D eigenvalue weighted by Crippen LogP contribution is -2.35. The number of hydrogen-bond donors (Lipinski definition) is 1. The first-order valence-corrected chi connectivity index (χ1v) is 6.22. The molecule has 0 aliphatic carbocycles. The molecule has 0 aromatic heterocycles. The van der Waals surface area contributed by atoms with Crippen LogP contribution in [0.1, 0.15) is 6.92 Å². The monoisotopic (exact) mass is 263 g/mol. The molecule has 0 aliphatic rings. The van der Waals surface area contributed by atoms with Gasteiger partial charge in [-0.2, -0.15) is 0 Å². The average Bonchev–Trinajstić information content (AvgIpc) is 2.18. The van der Waals surface area contributed by atoms with Gasteiger partial charge < -0.3 is 5.11 Å². The maximum Gasteiger partial charge on any atom is 0.421 e. The average molecular weight is 264 g/mol. The van der Waals surface area contributed by atoms with Crippen LogP contribution in [0.15, 0.2) is 29.2 Å².